The van der Waals surface area contributed by atoms with Crippen LogP contribution >= 0.6 is 11.6 Å². The third-order valence-electron chi connectivity index (χ3n) is 5.85. The summed E-state index contributed by atoms with van der Waals surface area (Å²) in [6.07, 6.45) is 1.73. The normalized spacial score (nSPS) is 12.2. The van der Waals surface area contributed by atoms with Crippen LogP contribution in [0.4, 0.5) is 8.78 Å². The van der Waals surface area contributed by atoms with Crippen LogP contribution in [0.5, 0.6) is 5.75 Å². The van der Waals surface area contributed by atoms with E-state index in [2.05, 4.69) is 0 Å². The van der Waals surface area contributed by atoms with Gasteiger partial charge >= 0.3 is 5.69 Å². The lowest BCUT2D eigenvalue weighted by Gasteiger charge is -2.15. The van der Waals surface area contributed by atoms with E-state index < -0.39 is 50.8 Å². The lowest BCUT2D eigenvalue weighted by Crippen LogP contribution is -2.35. The molecule has 0 unspecified atom stereocenters. The van der Waals surface area contributed by atoms with Gasteiger partial charge in [-0.25, -0.2) is 26.6 Å². The standard InChI is InChI=1S/C26H24ClF2N3O7S/c1-26(2,36)12-22(33)31-20-10-15(4-7-19(20)32(25(31)35)40(3,37)38)13-30-9-8-21(23(27)24(30)34)39-14-16-5-6-17(28)11-18(16)29/h4-11,36H,12-14H2,1-3H3. The first kappa shape index (κ1) is 29.2. The summed E-state index contributed by atoms with van der Waals surface area (Å²) in [5.74, 6) is -2.41. The Balaban J connectivity index is 1.69. The van der Waals surface area contributed by atoms with Crippen LogP contribution in [-0.2, 0) is 23.2 Å². The van der Waals surface area contributed by atoms with Gasteiger partial charge in [-0.15, -0.1) is 0 Å². The van der Waals surface area contributed by atoms with Crippen molar-refractivity contribution in [2.45, 2.75) is 39.0 Å². The summed E-state index contributed by atoms with van der Waals surface area (Å²) in [6.45, 7) is 2.35. The predicted molar refractivity (Wildman–Crippen MR) is 143 cm³/mol. The second kappa shape index (κ2) is 10.6. The van der Waals surface area contributed by atoms with Crippen molar-refractivity contribution in [2.24, 2.45) is 0 Å². The summed E-state index contributed by atoms with van der Waals surface area (Å²) in [5, 5.41) is 9.78. The second-order valence-electron chi connectivity index (χ2n) is 9.80. The Morgan fingerprint density at radius 1 is 1.07 bits per heavy atom. The highest BCUT2D eigenvalue weighted by molar-refractivity contribution is 7.89. The fourth-order valence-corrected chi connectivity index (χ4v) is 5.19. The van der Waals surface area contributed by atoms with E-state index in [1.54, 1.807) is 0 Å². The Labute approximate surface area is 231 Å². The molecule has 40 heavy (non-hydrogen) atoms. The number of fused-ring (bicyclic) bond motifs is 1. The van der Waals surface area contributed by atoms with Gasteiger partial charge in [-0.2, -0.15) is 3.97 Å². The molecule has 0 atom stereocenters. The number of pyridine rings is 1. The molecule has 0 saturated heterocycles. The largest absolute Gasteiger partial charge is 0.487 e. The molecule has 0 aliphatic heterocycles. The number of carbonyl (C=O) groups excluding carboxylic acids is 1. The van der Waals surface area contributed by atoms with Gasteiger partial charge in [0.15, 0.2) is 0 Å². The number of benzene rings is 2. The summed E-state index contributed by atoms with van der Waals surface area (Å²) in [7, 11) is -4.10. The first-order valence-electron chi connectivity index (χ1n) is 11.7. The van der Waals surface area contributed by atoms with E-state index in [1.807, 2.05) is 0 Å². The van der Waals surface area contributed by atoms with E-state index in [0.29, 0.717) is 20.2 Å². The number of hydrogen-bond acceptors (Lipinski definition) is 7. The Bertz CT molecular complexity index is 1870. The predicted octanol–water partition coefficient (Wildman–Crippen LogP) is 3.13. The monoisotopic (exact) mass is 595 g/mol. The van der Waals surface area contributed by atoms with E-state index in [1.165, 1.54) is 54.9 Å². The number of aromatic nitrogens is 3. The molecule has 2 aromatic heterocycles. The number of ether oxygens (including phenoxy) is 1. The highest BCUT2D eigenvalue weighted by Gasteiger charge is 2.27. The maximum Gasteiger partial charge on any atom is 0.349 e. The van der Waals surface area contributed by atoms with Gasteiger partial charge in [-0.05, 0) is 49.7 Å². The van der Waals surface area contributed by atoms with Crippen molar-refractivity contribution < 1.29 is 31.8 Å². The number of aliphatic hydroxyl groups is 1. The summed E-state index contributed by atoms with van der Waals surface area (Å²) in [5.41, 5.74) is -2.84. The highest BCUT2D eigenvalue weighted by Crippen LogP contribution is 2.23. The highest BCUT2D eigenvalue weighted by atomic mass is 35.5. The van der Waals surface area contributed by atoms with Crippen LogP contribution in [-0.4, -0.2) is 44.4 Å². The van der Waals surface area contributed by atoms with Crippen molar-refractivity contribution in [2.75, 3.05) is 6.26 Å². The molecule has 0 bridgehead atoms. The molecular formula is C26H24ClF2N3O7S. The number of halogens is 3. The Morgan fingerprint density at radius 3 is 2.40 bits per heavy atom. The third kappa shape index (κ3) is 6.01. The van der Waals surface area contributed by atoms with E-state index >= 15 is 0 Å². The molecule has 0 saturated carbocycles. The minimum Gasteiger partial charge on any atom is -0.487 e. The van der Waals surface area contributed by atoms with Crippen molar-refractivity contribution >= 4 is 38.6 Å². The van der Waals surface area contributed by atoms with Crippen LogP contribution < -0.4 is 16.0 Å². The Morgan fingerprint density at radius 2 is 1.77 bits per heavy atom. The zero-order valence-corrected chi connectivity index (χ0v) is 23.1. The zero-order chi connectivity index (χ0) is 29.6. The van der Waals surface area contributed by atoms with Gasteiger partial charge in [-0.3, -0.25) is 9.59 Å². The first-order chi connectivity index (χ1) is 18.6. The minimum absolute atomic E-state index is 0.0254. The van der Waals surface area contributed by atoms with Crippen LogP contribution in [0.25, 0.3) is 11.0 Å². The molecule has 1 N–H and O–H groups in total. The van der Waals surface area contributed by atoms with E-state index in [-0.39, 0.29) is 40.5 Å². The van der Waals surface area contributed by atoms with E-state index in [0.717, 1.165) is 12.3 Å². The molecule has 0 aliphatic carbocycles. The minimum atomic E-state index is -4.10. The molecule has 4 aromatic rings. The second-order valence-corrected chi connectivity index (χ2v) is 12.0. The molecule has 0 aliphatic rings. The lowest BCUT2D eigenvalue weighted by molar-refractivity contribution is 0.0530. The van der Waals surface area contributed by atoms with Crippen LogP contribution in [0.15, 0.2) is 58.3 Å². The van der Waals surface area contributed by atoms with Gasteiger partial charge in [0.25, 0.3) is 5.56 Å². The topological polar surface area (TPSA) is 130 Å². The Kier molecular flexibility index (Phi) is 7.76. The van der Waals surface area contributed by atoms with Gasteiger partial charge < -0.3 is 14.4 Å². The number of imidazole rings is 1. The van der Waals surface area contributed by atoms with Crippen LogP contribution in [0.2, 0.25) is 5.02 Å². The molecule has 2 aromatic carbocycles. The molecule has 2 heterocycles. The molecular weight excluding hydrogens is 572 g/mol. The fourth-order valence-electron chi connectivity index (χ4n) is 4.08. The van der Waals surface area contributed by atoms with Crippen molar-refractivity contribution in [3.63, 3.8) is 0 Å². The number of nitrogens with zero attached hydrogens (tertiary/aromatic N) is 3. The summed E-state index contributed by atoms with van der Waals surface area (Å²) >= 11 is 6.20. The SMILES string of the molecule is CC(C)(O)CC(=O)n1c(=O)n(S(C)(=O)=O)c2ccc(Cn3ccc(OCc4ccc(F)cc4F)c(Cl)c3=O)cc21. The smallest absolute Gasteiger partial charge is 0.349 e. The molecule has 0 amide bonds. The van der Waals surface area contributed by atoms with Gasteiger partial charge in [0.1, 0.15) is 29.0 Å². The molecule has 14 heteroatoms. The summed E-state index contributed by atoms with van der Waals surface area (Å²) in [6, 6.07) is 8.57. The molecule has 0 spiro atoms. The molecule has 4 rings (SSSR count). The van der Waals surface area contributed by atoms with Crippen LogP contribution in [0, 0.1) is 11.6 Å². The number of hydrogen-bond donors (Lipinski definition) is 1. The van der Waals surface area contributed by atoms with Crippen molar-refractivity contribution in [3.8, 4) is 5.75 Å². The van der Waals surface area contributed by atoms with Crippen molar-refractivity contribution in [1.29, 1.82) is 0 Å². The van der Waals surface area contributed by atoms with Gasteiger partial charge in [0, 0.05) is 17.8 Å². The Hall–Kier alpha value is -3.81. The van der Waals surface area contributed by atoms with Crippen molar-refractivity contribution in [3.05, 3.63) is 97.3 Å². The molecule has 0 fully saturated rings. The average Bonchev–Trinajstić information content (AvgIpc) is 3.13. The molecule has 10 nitrogen and oxygen atoms in total. The van der Waals surface area contributed by atoms with Crippen LogP contribution in [0.1, 0.15) is 36.2 Å². The van der Waals surface area contributed by atoms with Crippen molar-refractivity contribution in [1.82, 2.24) is 13.1 Å². The van der Waals surface area contributed by atoms with E-state index in [9.17, 15) is 36.7 Å². The third-order valence-corrected chi connectivity index (χ3v) is 7.22. The first-order valence-corrected chi connectivity index (χ1v) is 14.0. The molecule has 212 valence electrons. The number of carbonyl (C=O) groups is 1. The quantitative estimate of drug-likeness (QED) is 0.331. The lowest BCUT2D eigenvalue weighted by atomic mass is 10.1. The summed E-state index contributed by atoms with van der Waals surface area (Å²) in [4.78, 5) is 38.8. The zero-order valence-electron chi connectivity index (χ0n) is 21.5. The summed E-state index contributed by atoms with van der Waals surface area (Å²) < 4.78 is 59.5. The van der Waals surface area contributed by atoms with Crippen LogP contribution in [0.3, 0.4) is 0 Å². The van der Waals surface area contributed by atoms with Gasteiger partial charge in [0.05, 0.1) is 35.9 Å². The fraction of sp³-hybridized carbons (Fsp3) is 0.269. The van der Waals surface area contributed by atoms with Gasteiger partial charge in [0.2, 0.25) is 15.9 Å². The molecule has 0 radical (unpaired) electrons. The average molecular weight is 596 g/mol. The van der Waals surface area contributed by atoms with Gasteiger partial charge in [-0.1, -0.05) is 17.7 Å². The maximum absolute atomic E-state index is 13.9. The number of rotatable bonds is 8. The van der Waals surface area contributed by atoms with E-state index in [4.69, 9.17) is 16.3 Å². The maximum atomic E-state index is 13.9.